The minimum Gasteiger partial charge on any atom is -0.394 e. The standard InChI is InChI=1S/C23H26B4N6O2/c1-13-5-15-10-28-33(19(15)6-18(13)16-8-22(24,25)31-23(26,27)9-16)21-7-20(29-14(2)30-21)32-3-4-35-17(11-32)12-34/h5-7,10,16-17,31,34H,3-4,8-9,11-12H2,1-2H3/t17-/m1/s1. The Hall–Kier alpha value is -2.29. The fraction of sp³-hybridized carbons (Fsp3) is 0.522. The van der Waals surface area contributed by atoms with Gasteiger partial charge in [-0.2, -0.15) is 5.10 Å². The molecule has 0 aliphatic carbocycles. The zero-order chi connectivity index (χ0) is 25.0. The molecule has 2 saturated heterocycles. The van der Waals surface area contributed by atoms with Crippen LogP contribution in [0.25, 0.3) is 16.7 Å². The fourth-order valence-corrected chi connectivity index (χ4v) is 5.31. The number of piperidine rings is 1. The highest BCUT2D eigenvalue weighted by Crippen LogP contribution is 2.38. The van der Waals surface area contributed by atoms with Crippen molar-refractivity contribution in [3.8, 4) is 5.82 Å². The number of aryl methyl sites for hydroxylation is 2. The molecule has 0 spiro atoms. The van der Waals surface area contributed by atoms with E-state index in [0.29, 0.717) is 44.2 Å². The molecule has 4 heterocycles. The lowest BCUT2D eigenvalue weighted by Gasteiger charge is -2.49. The molecular formula is C23H26B4N6O2. The predicted octanol–water partition coefficient (Wildman–Crippen LogP) is 0.0784. The highest BCUT2D eigenvalue weighted by atomic mass is 16.5. The number of hydrogen-bond acceptors (Lipinski definition) is 7. The second-order valence-electron chi connectivity index (χ2n) is 9.89. The van der Waals surface area contributed by atoms with Crippen LogP contribution in [0.5, 0.6) is 0 Å². The van der Waals surface area contributed by atoms with E-state index in [4.69, 9.17) is 36.1 Å². The van der Waals surface area contributed by atoms with E-state index in [1.807, 2.05) is 23.9 Å². The van der Waals surface area contributed by atoms with Gasteiger partial charge in [-0.05, 0) is 55.9 Å². The third-order valence-corrected chi connectivity index (χ3v) is 6.72. The molecule has 2 N–H and O–H groups in total. The topological polar surface area (TPSA) is 88.3 Å². The summed E-state index contributed by atoms with van der Waals surface area (Å²) < 4.78 is 7.41. The second kappa shape index (κ2) is 8.98. The maximum atomic E-state index is 9.52. The molecule has 0 amide bonds. The Morgan fingerprint density at radius 2 is 1.80 bits per heavy atom. The number of hydrogen-bond donors (Lipinski definition) is 2. The summed E-state index contributed by atoms with van der Waals surface area (Å²) in [5, 5.41) is 15.7. The Balaban J connectivity index is 1.54. The lowest BCUT2D eigenvalue weighted by Crippen LogP contribution is -2.64. The molecule has 1 aromatic carbocycles. The predicted molar refractivity (Wildman–Crippen MR) is 139 cm³/mol. The van der Waals surface area contributed by atoms with Crippen LogP contribution in [0.1, 0.15) is 35.7 Å². The Morgan fingerprint density at radius 3 is 2.51 bits per heavy atom. The molecule has 35 heavy (non-hydrogen) atoms. The average Bonchev–Trinajstić information content (AvgIpc) is 3.18. The smallest absolute Gasteiger partial charge is 0.159 e. The number of aromatic nitrogens is 4. The molecule has 2 fully saturated rings. The van der Waals surface area contributed by atoms with Crippen molar-refractivity contribution in [3.63, 3.8) is 0 Å². The van der Waals surface area contributed by atoms with Crippen LogP contribution in [-0.2, 0) is 4.74 Å². The molecule has 12 heteroatoms. The highest BCUT2D eigenvalue weighted by molar-refractivity contribution is 6.44. The van der Waals surface area contributed by atoms with Crippen molar-refractivity contribution >= 4 is 48.1 Å². The number of nitrogens with one attached hydrogen (secondary N) is 1. The van der Waals surface area contributed by atoms with Crippen molar-refractivity contribution in [1.29, 1.82) is 0 Å². The number of ether oxygens (including phenoxy) is 1. The van der Waals surface area contributed by atoms with Gasteiger partial charge in [0.1, 0.15) is 11.6 Å². The van der Waals surface area contributed by atoms with Crippen LogP contribution in [0, 0.1) is 13.8 Å². The number of morpholine rings is 1. The molecule has 172 valence electrons. The van der Waals surface area contributed by atoms with Gasteiger partial charge in [0, 0.05) is 24.5 Å². The lowest BCUT2D eigenvalue weighted by atomic mass is 9.46. The normalized spacial score (nSPS) is 22.5. The summed E-state index contributed by atoms with van der Waals surface area (Å²) in [6.07, 6.45) is 2.57. The third-order valence-electron chi connectivity index (χ3n) is 6.72. The minimum absolute atomic E-state index is 0.0274. The molecule has 8 radical (unpaired) electrons. The number of anilines is 1. The summed E-state index contributed by atoms with van der Waals surface area (Å²) in [5.41, 5.74) is 3.08. The molecule has 5 rings (SSSR count). The van der Waals surface area contributed by atoms with E-state index in [2.05, 4.69) is 44.3 Å². The number of benzene rings is 1. The van der Waals surface area contributed by atoms with Gasteiger partial charge >= 0.3 is 0 Å². The first-order valence-electron chi connectivity index (χ1n) is 11.8. The number of rotatable bonds is 4. The van der Waals surface area contributed by atoms with Gasteiger partial charge in [0.25, 0.3) is 0 Å². The van der Waals surface area contributed by atoms with Gasteiger partial charge in [-0.3, -0.25) is 0 Å². The molecule has 8 nitrogen and oxygen atoms in total. The molecule has 1 atom stereocenters. The van der Waals surface area contributed by atoms with Crippen molar-refractivity contribution in [3.05, 3.63) is 41.3 Å². The summed E-state index contributed by atoms with van der Waals surface area (Å²) >= 11 is 0. The number of aliphatic hydroxyl groups excluding tert-OH is 1. The molecule has 0 saturated carbocycles. The van der Waals surface area contributed by atoms with Crippen molar-refractivity contribution in [2.24, 2.45) is 0 Å². The number of nitrogens with zero attached hydrogens (tertiary/aromatic N) is 5. The van der Waals surface area contributed by atoms with Crippen molar-refractivity contribution < 1.29 is 9.84 Å². The summed E-state index contributed by atoms with van der Waals surface area (Å²) in [6, 6.07) is 6.12. The second-order valence-corrected chi connectivity index (χ2v) is 9.89. The zero-order valence-corrected chi connectivity index (χ0v) is 20.1. The Labute approximate surface area is 210 Å². The molecule has 2 aromatic heterocycles. The largest absolute Gasteiger partial charge is 0.394 e. The van der Waals surface area contributed by atoms with Crippen LogP contribution in [0.3, 0.4) is 0 Å². The van der Waals surface area contributed by atoms with E-state index in [1.54, 1.807) is 0 Å². The molecule has 0 bridgehead atoms. The Bertz CT molecular complexity index is 1230. The summed E-state index contributed by atoms with van der Waals surface area (Å²) in [6.45, 7) is 5.66. The van der Waals surface area contributed by atoms with Gasteiger partial charge in [-0.25, -0.2) is 14.6 Å². The van der Waals surface area contributed by atoms with Gasteiger partial charge in [-0.15, -0.1) is 0 Å². The number of fused-ring (bicyclic) bond motifs is 1. The summed E-state index contributed by atoms with van der Waals surface area (Å²) in [7, 11) is 24.8. The van der Waals surface area contributed by atoms with Crippen LogP contribution in [0.15, 0.2) is 24.4 Å². The maximum Gasteiger partial charge on any atom is 0.159 e. The zero-order valence-electron chi connectivity index (χ0n) is 20.1. The minimum atomic E-state index is -1.17. The monoisotopic (exact) mass is 462 g/mol. The summed E-state index contributed by atoms with van der Waals surface area (Å²) in [5.74, 6) is 2.04. The van der Waals surface area contributed by atoms with E-state index in [-0.39, 0.29) is 18.6 Å². The van der Waals surface area contributed by atoms with Gasteiger partial charge in [0.2, 0.25) is 0 Å². The van der Waals surface area contributed by atoms with Gasteiger partial charge < -0.3 is 20.1 Å². The Kier molecular flexibility index (Phi) is 6.26. The van der Waals surface area contributed by atoms with Crippen LogP contribution < -0.4 is 10.2 Å². The van der Waals surface area contributed by atoms with E-state index < -0.39 is 10.7 Å². The molecule has 0 unspecified atom stereocenters. The molecule has 2 aliphatic rings. The number of aliphatic hydroxyl groups is 1. The lowest BCUT2D eigenvalue weighted by molar-refractivity contribution is 0.00335. The van der Waals surface area contributed by atoms with E-state index in [0.717, 1.165) is 27.8 Å². The first-order chi connectivity index (χ1) is 16.5. The van der Waals surface area contributed by atoms with Crippen LogP contribution in [0.2, 0.25) is 0 Å². The molecular weight excluding hydrogens is 436 g/mol. The highest BCUT2D eigenvalue weighted by Gasteiger charge is 2.37. The third kappa shape index (κ3) is 5.01. The first-order valence-corrected chi connectivity index (χ1v) is 11.8. The van der Waals surface area contributed by atoms with Gasteiger partial charge in [0.15, 0.2) is 5.82 Å². The van der Waals surface area contributed by atoms with Crippen LogP contribution in [-0.4, -0.2) is 99.3 Å². The van der Waals surface area contributed by atoms with E-state index >= 15 is 0 Å². The van der Waals surface area contributed by atoms with E-state index in [9.17, 15) is 5.11 Å². The van der Waals surface area contributed by atoms with Crippen molar-refractivity contribution in [2.75, 3.05) is 31.2 Å². The summed E-state index contributed by atoms with van der Waals surface area (Å²) in [4.78, 5) is 11.4. The first kappa shape index (κ1) is 24.4. The fourth-order valence-electron chi connectivity index (χ4n) is 5.31. The molecule has 2 aliphatic heterocycles. The van der Waals surface area contributed by atoms with E-state index in [1.165, 1.54) is 0 Å². The van der Waals surface area contributed by atoms with Gasteiger partial charge in [0.05, 0.1) is 62.4 Å². The van der Waals surface area contributed by atoms with Crippen LogP contribution in [0.4, 0.5) is 5.82 Å². The van der Waals surface area contributed by atoms with Crippen molar-refractivity contribution in [1.82, 2.24) is 25.1 Å². The van der Waals surface area contributed by atoms with Gasteiger partial charge in [-0.1, -0.05) is 10.7 Å². The molecule has 3 aromatic rings. The average molecular weight is 462 g/mol. The maximum absolute atomic E-state index is 9.52. The SMILES string of the molecule is [B]C1([B])CC(c2cc3c(cnn3-c3cc(N4CCO[C@@H](CO)C4)nc(C)n3)cc2C)CC([B])([B])N1. The van der Waals surface area contributed by atoms with Crippen LogP contribution >= 0.6 is 0 Å². The Morgan fingerprint density at radius 1 is 1.09 bits per heavy atom. The quantitative estimate of drug-likeness (QED) is 0.532. The van der Waals surface area contributed by atoms with Crippen molar-refractivity contribution in [2.45, 2.75) is 49.4 Å².